The Morgan fingerprint density at radius 3 is 3.00 bits per heavy atom. The van der Waals surface area contributed by atoms with Gasteiger partial charge in [0.1, 0.15) is 0 Å². The Labute approximate surface area is 124 Å². The first-order valence-electron chi connectivity index (χ1n) is 7.26. The summed E-state index contributed by atoms with van der Waals surface area (Å²) in [6, 6.07) is 12.0. The molecule has 0 bridgehead atoms. The van der Waals surface area contributed by atoms with Crippen LogP contribution in [0.4, 0.5) is 5.69 Å². The Bertz CT molecular complexity index is 637. The molecule has 108 valence electrons. The molecule has 0 saturated heterocycles. The summed E-state index contributed by atoms with van der Waals surface area (Å²) in [5.41, 5.74) is 4.16. The predicted molar refractivity (Wildman–Crippen MR) is 83.1 cm³/mol. The molecular weight excluding hydrogens is 262 g/mol. The Morgan fingerprint density at radius 1 is 1.33 bits per heavy atom. The maximum atomic E-state index is 12.4. The monoisotopic (exact) mass is 281 g/mol. The molecule has 0 spiro atoms. The van der Waals surface area contributed by atoms with Gasteiger partial charge in [-0.25, -0.2) is 0 Å². The van der Waals surface area contributed by atoms with Crippen molar-refractivity contribution in [2.45, 2.75) is 25.8 Å². The zero-order valence-electron chi connectivity index (χ0n) is 12.1. The molecule has 0 aliphatic carbocycles. The van der Waals surface area contributed by atoms with Crippen LogP contribution >= 0.6 is 0 Å². The van der Waals surface area contributed by atoms with Gasteiger partial charge >= 0.3 is 0 Å². The standard InChI is InChI=1S/C17H19N3O/c1-12-6-7-13(10-19-12)11-20-17(21)15-8-9-18-16-5-3-2-4-14(15)16/h2-7,10,15,18H,8-9,11H2,1H3,(H,20,21). The second kappa shape index (κ2) is 5.95. The average molecular weight is 281 g/mol. The SMILES string of the molecule is Cc1ccc(CNC(=O)C2CCNc3ccccc32)cn1. The van der Waals surface area contributed by atoms with Gasteiger partial charge < -0.3 is 10.6 Å². The van der Waals surface area contributed by atoms with Crippen LogP contribution in [0.15, 0.2) is 42.6 Å². The van der Waals surface area contributed by atoms with Gasteiger partial charge in [0.15, 0.2) is 0 Å². The van der Waals surface area contributed by atoms with Crippen molar-refractivity contribution in [3.8, 4) is 0 Å². The van der Waals surface area contributed by atoms with Crippen LogP contribution in [0.1, 0.15) is 29.2 Å². The van der Waals surface area contributed by atoms with E-state index in [0.29, 0.717) is 6.54 Å². The summed E-state index contributed by atoms with van der Waals surface area (Å²) in [5, 5.41) is 6.36. The van der Waals surface area contributed by atoms with Crippen LogP contribution < -0.4 is 10.6 Å². The first kappa shape index (κ1) is 13.6. The van der Waals surface area contributed by atoms with E-state index < -0.39 is 0 Å². The fourth-order valence-corrected chi connectivity index (χ4v) is 2.66. The molecule has 0 radical (unpaired) electrons. The number of benzene rings is 1. The molecule has 21 heavy (non-hydrogen) atoms. The topological polar surface area (TPSA) is 54.0 Å². The van der Waals surface area contributed by atoms with Crippen molar-refractivity contribution in [2.75, 3.05) is 11.9 Å². The maximum Gasteiger partial charge on any atom is 0.227 e. The van der Waals surface area contributed by atoms with Crippen molar-refractivity contribution in [2.24, 2.45) is 0 Å². The van der Waals surface area contributed by atoms with Crippen molar-refractivity contribution >= 4 is 11.6 Å². The van der Waals surface area contributed by atoms with Crippen LogP contribution in [-0.2, 0) is 11.3 Å². The van der Waals surface area contributed by atoms with Crippen LogP contribution in [-0.4, -0.2) is 17.4 Å². The molecule has 1 aliphatic heterocycles. The molecule has 1 aromatic heterocycles. The molecule has 1 unspecified atom stereocenters. The van der Waals surface area contributed by atoms with E-state index in [-0.39, 0.29) is 11.8 Å². The number of carbonyl (C=O) groups excluding carboxylic acids is 1. The van der Waals surface area contributed by atoms with Crippen molar-refractivity contribution in [3.05, 3.63) is 59.4 Å². The van der Waals surface area contributed by atoms with Crippen LogP contribution in [0.25, 0.3) is 0 Å². The number of amides is 1. The minimum absolute atomic E-state index is 0.0687. The third-order valence-electron chi connectivity index (χ3n) is 3.84. The Hall–Kier alpha value is -2.36. The normalized spacial score (nSPS) is 16.7. The van der Waals surface area contributed by atoms with Gasteiger partial charge in [-0.3, -0.25) is 9.78 Å². The Kier molecular flexibility index (Phi) is 3.86. The second-order valence-corrected chi connectivity index (χ2v) is 5.38. The van der Waals surface area contributed by atoms with E-state index in [0.717, 1.165) is 35.5 Å². The molecule has 1 aliphatic rings. The van der Waals surface area contributed by atoms with E-state index in [1.54, 1.807) is 0 Å². The maximum absolute atomic E-state index is 12.4. The van der Waals surface area contributed by atoms with E-state index in [2.05, 4.69) is 15.6 Å². The van der Waals surface area contributed by atoms with E-state index in [1.807, 2.05) is 49.5 Å². The van der Waals surface area contributed by atoms with Crippen molar-refractivity contribution in [3.63, 3.8) is 0 Å². The van der Waals surface area contributed by atoms with Gasteiger partial charge in [-0.1, -0.05) is 24.3 Å². The summed E-state index contributed by atoms with van der Waals surface area (Å²) in [6.07, 6.45) is 2.64. The average Bonchev–Trinajstić information content (AvgIpc) is 2.53. The predicted octanol–water partition coefficient (Wildman–Crippen LogP) is 2.61. The quantitative estimate of drug-likeness (QED) is 0.909. The molecule has 2 aromatic rings. The van der Waals surface area contributed by atoms with Gasteiger partial charge in [-0.05, 0) is 36.6 Å². The third kappa shape index (κ3) is 3.05. The fourth-order valence-electron chi connectivity index (χ4n) is 2.66. The molecule has 2 heterocycles. The van der Waals surface area contributed by atoms with Gasteiger partial charge in [0.2, 0.25) is 5.91 Å². The molecular formula is C17H19N3O. The number of carbonyl (C=O) groups is 1. The lowest BCUT2D eigenvalue weighted by Gasteiger charge is -2.25. The number of nitrogens with zero attached hydrogens (tertiary/aromatic N) is 1. The van der Waals surface area contributed by atoms with Gasteiger partial charge in [0, 0.05) is 30.7 Å². The van der Waals surface area contributed by atoms with Crippen LogP contribution in [0.2, 0.25) is 0 Å². The summed E-state index contributed by atoms with van der Waals surface area (Å²) in [6.45, 7) is 3.31. The molecule has 1 aromatic carbocycles. The van der Waals surface area contributed by atoms with Crippen LogP contribution in [0.5, 0.6) is 0 Å². The first-order valence-corrected chi connectivity index (χ1v) is 7.26. The summed E-state index contributed by atoms with van der Waals surface area (Å²) in [4.78, 5) is 16.7. The lowest BCUT2D eigenvalue weighted by molar-refractivity contribution is -0.122. The number of fused-ring (bicyclic) bond motifs is 1. The van der Waals surface area contributed by atoms with Crippen molar-refractivity contribution < 1.29 is 4.79 Å². The minimum Gasteiger partial charge on any atom is -0.385 e. The number of pyridine rings is 1. The van der Waals surface area contributed by atoms with E-state index in [4.69, 9.17) is 0 Å². The molecule has 0 saturated carbocycles. The Morgan fingerprint density at radius 2 is 2.19 bits per heavy atom. The van der Waals surface area contributed by atoms with Crippen molar-refractivity contribution in [1.29, 1.82) is 0 Å². The number of aryl methyl sites for hydroxylation is 1. The number of aromatic nitrogens is 1. The molecule has 3 rings (SSSR count). The summed E-state index contributed by atoms with van der Waals surface area (Å²) in [5.74, 6) is 0.0189. The number of hydrogen-bond donors (Lipinski definition) is 2. The summed E-state index contributed by atoms with van der Waals surface area (Å²) >= 11 is 0. The fraction of sp³-hybridized carbons (Fsp3) is 0.294. The molecule has 0 fully saturated rings. The second-order valence-electron chi connectivity index (χ2n) is 5.38. The highest BCUT2D eigenvalue weighted by molar-refractivity contribution is 5.86. The molecule has 1 amide bonds. The molecule has 1 atom stereocenters. The molecule has 4 heteroatoms. The van der Waals surface area contributed by atoms with Gasteiger partial charge in [-0.15, -0.1) is 0 Å². The van der Waals surface area contributed by atoms with E-state index in [1.165, 1.54) is 0 Å². The minimum atomic E-state index is -0.0687. The third-order valence-corrected chi connectivity index (χ3v) is 3.84. The van der Waals surface area contributed by atoms with Crippen molar-refractivity contribution in [1.82, 2.24) is 10.3 Å². The number of rotatable bonds is 3. The first-order chi connectivity index (χ1) is 10.2. The van der Waals surface area contributed by atoms with Gasteiger partial charge in [0.05, 0.1) is 5.92 Å². The smallest absolute Gasteiger partial charge is 0.227 e. The highest BCUT2D eigenvalue weighted by atomic mass is 16.1. The van der Waals surface area contributed by atoms with E-state index >= 15 is 0 Å². The molecule has 2 N–H and O–H groups in total. The number of para-hydroxylation sites is 1. The van der Waals surface area contributed by atoms with E-state index in [9.17, 15) is 4.79 Å². The zero-order valence-corrected chi connectivity index (χ0v) is 12.1. The number of hydrogen-bond acceptors (Lipinski definition) is 3. The zero-order chi connectivity index (χ0) is 14.7. The lowest BCUT2D eigenvalue weighted by atomic mass is 9.90. The van der Waals surface area contributed by atoms with Gasteiger partial charge in [-0.2, -0.15) is 0 Å². The largest absolute Gasteiger partial charge is 0.385 e. The number of anilines is 1. The van der Waals surface area contributed by atoms with Gasteiger partial charge in [0.25, 0.3) is 0 Å². The highest BCUT2D eigenvalue weighted by Crippen LogP contribution is 2.31. The summed E-state index contributed by atoms with van der Waals surface area (Å²) < 4.78 is 0. The van der Waals surface area contributed by atoms with Crippen LogP contribution in [0, 0.1) is 6.92 Å². The highest BCUT2D eigenvalue weighted by Gasteiger charge is 2.25. The summed E-state index contributed by atoms with van der Waals surface area (Å²) in [7, 11) is 0. The Balaban J connectivity index is 1.68. The molecule has 4 nitrogen and oxygen atoms in total. The van der Waals surface area contributed by atoms with Crippen LogP contribution in [0.3, 0.4) is 0 Å². The number of nitrogens with one attached hydrogen (secondary N) is 2. The lowest BCUT2D eigenvalue weighted by Crippen LogP contribution is -2.32.